The Hall–Kier alpha value is 0.0900. The van der Waals surface area contributed by atoms with E-state index in [1.54, 1.807) is 0 Å². The molecule has 0 radical (unpaired) electrons. The number of halogens is 1. The van der Waals surface area contributed by atoms with Gasteiger partial charge in [0, 0.05) is 17.1 Å². The van der Waals surface area contributed by atoms with Crippen LogP contribution >= 0.6 is 15.9 Å². The van der Waals surface area contributed by atoms with E-state index in [0.717, 1.165) is 4.48 Å². The molecule has 0 aromatic carbocycles. The lowest BCUT2D eigenvalue weighted by Crippen LogP contribution is -2.39. The second-order valence-corrected chi connectivity index (χ2v) is 6.42. The van der Waals surface area contributed by atoms with Crippen molar-refractivity contribution < 1.29 is 13.5 Å². The quantitative estimate of drug-likeness (QED) is 0.735. The molecule has 0 spiro atoms. The molecule has 0 aliphatic carbocycles. The Morgan fingerprint density at radius 2 is 2.23 bits per heavy atom. The van der Waals surface area contributed by atoms with Crippen molar-refractivity contribution in [1.82, 2.24) is 5.32 Å². The van der Waals surface area contributed by atoms with E-state index in [2.05, 4.69) is 27.8 Å². The normalized spacial score (nSPS) is 31.8. The zero-order valence-corrected chi connectivity index (χ0v) is 9.44. The van der Waals surface area contributed by atoms with Crippen LogP contribution in [0, 0.1) is 0 Å². The molecule has 1 saturated heterocycles. The molecule has 2 unspecified atom stereocenters. The number of hydrogen-bond acceptors (Lipinski definition) is 4. The summed E-state index contributed by atoms with van der Waals surface area (Å²) in [6.07, 6.45) is -0.795. The maximum Gasteiger partial charge on any atom is 0.154 e. The predicted molar refractivity (Wildman–Crippen MR) is 54.5 cm³/mol. The summed E-state index contributed by atoms with van der Waals surface area (Å²) in [5.41, 5.74) is 0. The highest BCUT2D eigenvalue weighted by atomic mass is 79.9. The SMILES string of the molecule is C=C(Br)CNC1CS(=O)(=O)CC1O. The third-order valence-electron chi connectivity index (χ3n) is 1.88. The summed E-state index contributed by atoms with van der Waals surface area (Å²) in [5.74, 6) is -0.131. The van der Waals surface area contributed by atoms with Crippen molar-refractivity contribution in [3.05, 3.63) is 11.1 Å². The second kappa shape index (κ2) is 4.08. The minimum Gasteiger partial charge on any atom is -0.390 e. The molecule has 6 heteroatoms. The van der Waals surface area contributed by atoms with Crippen LogP contribution in [0.5, 0.6) is 0 Å². The first-order valence-corrected chi connectivity index (χ1v) is 6.47. The summed E-state index contributed by atoms with van der Waals surface area (Å²) in [7, 11) is -3.05. The minimum atomic E-state index is -3.05. The van der Waals surface area contributed by atoms with E-state index in [9.17, 15) is 13.5 Å². The Labute approximate surface area is 86.1 Å². The molecule has 0 amide bonds. The molecule has 0 aromatic heterocycles. The molecule has 1 heterocycles. The summed E-state index contributed by atoms with van der Waals surface area (Å²) < 4.78 is 22.9. The maximum atomic E-state index is 11.1. The van der Waals surface area contributed by atoms with Crippen LogP contribution in [-0.2, 0) is 9.84 Å². The van der Waals surface area contributed by atoms with Crippen molar-refractivity contribution in [2.75, 3.05) is 18.1 Å². The van der Waals surface area contributed by atoms with E-state index >= 15 is 0 Å². The Morgan fingerprint density at radius 3 is 2.62 bits per heavy atom. The van der Waals surface area contributed by atoms with Gasteiger partial charge in [-0.05, 0) is 0 Å². The first-order valence-electron chi connectivity index (χ1n) is 3.86. The van der Waals surface area contributed by atoms with Crippen molar-refractivity contribution in [1.29, 1.82) is 0 Å². The van der Waals surface area contributed by atoms with Gasteiger partial charge in [-0.25, -0.2) is 8.42 Å². The highest BCUT2D eigenvalue weighted by Crippen LogP contribution is 2.12. The fourth-order valence-electron chi connectivity index (χ4n) is 1.27. The number of nitrogens with one attached hydrogen (secondary N) is 1. The van der Waals surface area contributed by atoms with E-state index in [0.29, 0.717) is 6.54 Å². The van der Waals surface area contributed by atoms with Crippen LogP contribution in [0.2, 0.25) is 0 Å². The molecule has 0 aromatic rings. The lowest BCUT2D eigenvalue weighted by Gasteiger charge is -2.13. The Balaban J connectivity index is 2.49. The first-order chi connectivity index (χ1) is 5.91. The van der Waals surface area contributed by atoms with Crippen LogP contribution in [0.15, 0.2) is 11.1 Å². The third-order valence-corrected chi connectivity index (χ3v) is 3.88. The molecule has 1 aliphatic heterocycles. The Kier molecular flexibility index (Phi) is 3.50. The van der Waals surface area contributed by atoms with Gasteiger partial charge in [0.25, 0.3) is 0 Å². The summed E-state index contributed by atoms with van der Waals surface area (Å²) in [4.78, 5) is 0. The Bertz CT molecular complexity index is 301. The lowest BCUT2D eigenvalue weighted by atomic mass is 10.2. The van der Waals surface area contributed by atoms with Crippen molar-refractivity contribution in [2.24, 2.45) is 0 Å². The smallest absolute Gasteiger partial charge is 0.154 e. The van der Waals surface area contributed by atoms with E-state index in [-0.39, 0.29) is 17.5 Å². The van der Waals surface area contributed by atoms with Gasteiger partial charge in [-0.15, -0.1) is 0 Å². The largest absolute Gasteiger partial charge is 0.390 e. The van der Waals surface area contributed by atoms with Crippen molar-refractivity contribution >= 4 is 25.8 Å². The first kappa shape index (κ1) is 11.2. The summed E-state index contributed by atoms with van der Waals surface area (Å²) >= 11 is 3.14. The number of rotatable bonds is 3. The van der Waals surface area contributed by atoms with Crippen LogP contribution in [0.25, 0.3) is 0 Å². The predicted octanol–water partition coefficient (Wildman–Crippen LogP) is -0.358. The molecular weight excluding hydrogens is 258 g/mol. The molecule has 1 aliphatic rings. The van der Waals surface area contributed by atoms with E-state index in [1.165, 1.54) is 0 Å². The zero-order chi connectivity index (χ0) is 10.1. The van der Waals surface area contributed by atoms with Gasteiger partial charge in [-0.3, -0.25) is 0 Å². The standard InChI is InChI=1S/C7H12BrNO3S/c1-5(8)2-9-6-3-13(11,12)4-7(6)10/h6-7,9-10H,1-4H2. The third kappa shape index (κ3) is 3.38. The average molecular weight is 270 g/mol. The van der Waals surface area contributed by atoms with Gasteiger partial charge in [0.05, 0.1) is 17.6 Å². The van der Waals surface area contributed by atoms with Crippen LogP contribution in [0.4, 0.5) is 0 Å². The molecule has 1 rings (SSSR count). The van der Waals surface area contributed by atoms with E-state index in [1.807, 2.05) is 0 Å². The zero-order valence-electron chi connectivity index (χ0n) is 7.03. The van der Waals surface area contributed by atoms with Gasteiger partial charge in [0.15, 0.2) is 9.84 Å². The van der Waals surface area contributed by atoms with Gasteiger partial charge in [-0.1, -0.05) is 22.5 Å². The maximum absolute atomic E-state index is 11.1. The summed E-state index contributed by atoms with van der Waals surface area (Å²) in [6.45, 7) is 4.07. The molecular formula is C7H12BrNO3S. The van der Waals surface area contributed by atoms with Gasteiger partial charge >= 0.3 is 0 Å². The van der Waals surface area contributed by atoms with Crippen LogP contribution in [0.3, 0.4) is 0 Å². The number of aliphatic hydroxyl groups is 1. The van der Waals surface area contributed by atoms with Gasteiger partial charge in [0.2, 0.25) is 0 Å². The molecule has 2 atom stereocenters. The van der Waals surface area contributed by atoms with Crippen molar-refractivity contribution in [3.8, 4) is 0 Å². The van der Waals surface area contributed by atoms with Crippen molar-refractivity contribution in [3.63, 3.8) is 0 Å². The molecule has 13 heavy (non-hydrogen) atoms. The number of sulfone groups is 1. The van der Waals surface area contributed by atoms with Gasteiger partial charge in [-0.2, -0.15) is 0 Å². The highest BCUT2D eigenvalue weighted by Gasteiger charge is 2.35. The van der Waals surface area contributed by atoms with E-state index in [4.69, 9.17) is 0 Å². The van der Waals surface area contributed by atoms with Gasteiger partial charge < -0.3 is 10.4 Å². The highest BCUT2D eigenvalue weighted by molar-refractivity contribution is 9.11. The molecule has 1 fully saturated rings. The minimum absolute atomic E-state index is 0.00838. The second-order valence-electron chi connectivity index (χ2n) is 3.15. The average Bonchev–Trinajstić information content (AvgIpc) is 2.20. The molecule has 2 N–H and O–H groups in total. The topological polar surface area (TPSA) is 66.4 Å². The van der Waals surface area contributed by atoms with Crippen LogP contribution < -0.4 is 5.32 Å². The fourth-order valence-corrected chi connectivity index (χ4v) is 3.20. The monoisotopic (exact) mass is 269 g/mol. The van der Waals surface area contributed by atoms with Crippen molar-refractivity contribution in [2.45, 2.75) is 12.1 Å². The lowest BCUT2D eigenvalue weighted by molar-refractivity contribution is 0.168. The summed E-state index contributed by atoms with van der Waals surface area (Å²) in [5, 5.41) is 12.3. The van der Waals surface area contributed by atoms with E-state index < -0.39 is 15.9 Å². The van der Waals surface area contributed by atoms with Crippen LogP contribution in [-0.4, -0.2) is 43.7 Å². The molecule has 4 nitrogen and oxygen atoms in total. The van der Waals surface area contributed by atoms with Crippen LogP contribution in [0.1, 0.15) is 0 Å². The Morgan fingerprint density at radius 1 is 1.62 bits per heavy atom. The fraction of sp³-hybridized carbons (Fsp3) is 0.714. The summed E-state index contributed by atoms with van der Waals surface area (Å²) in [6, 6.07) is -0.362. The molecule has 76 valence electrons. The van der Waals surface area contributed by atoms with Gasteiger partial charge in [0.1, 0.15) is 0 Å². The molecule has 0 saturated carbocycles. The molecule has 0 bridgehead atoms. The number of aliphatic hydroxyl groups excluding tert-OH is 1. The number of hydrogen-bond donors (Lipinski definition) is 2.